The highest BCUT2D eigenvalue weighted by atomic mass is 16.5. The highest BCUT2D eigenvalue weighted by molar-refractivity contribution is 5.57. The lowest BCUT2D eigenvalue weighted by Gasteiger charge is -2.38. The molecule has 0 saturated carbocycles. The van der Waals surface area contributed by atoms with Crippen LogP contribution in [0.4, 0.5) is 0 Å². The lowest BCUT2D eigenvalue weighted by molar-refractivity contribution is -0.952. The Bertz CT molecular complexity index is 727. The molecule has 0 aliphatic carbocycles. The fourth-order valence-corrected chi connectivity index (χ4v) is 3.53. The molecule has 0 unspecified atom stereocenters. The monoisotopic (exact) mass is 319 g/mol. The summed E-state index contributed by atoms with van der Waals surface area (Å²) < 4.78 is 5.52. The third-order valence-corrected chi connectivity index (χ3v) is 4.78. The zero-order valence-corrected chi connectivity index (χ0v) is 14.0. The van der Waals surface area contributed by atoms with E-state index in [0.717, 1.165) is 29.8 Å². The zero-order chi connectivity index (χ0) is 16.8. The van der Waals surface area contributed by atoms with Gasteiger partial charge in [-0.25, -0.2) is 0 Å². The van der Waals surface area contributed by atoms with Crippen LogP contribution in [0.3, 0.4) is 0 Å². The molecule has 0 aromatic heterocycles. The van der Waals surface area contributed by atoms with E-state index in [1.54, 1.807) is 0 Å². The van der Waals surface area contributed by atoms with Crippen LogP contribution in [0.5, 0.6) is 0 Å². The molecular weight excluding hydrogens is 296 g/mol. The molecule has 1 aliphatic heterocycles. The van der Waals surface area contributed by atoms with Crippen LogP contribution in [0.1, 0.15) is 18.1 Å². The number of ether oxygens (including phenoxy) is 1. The topological polar surface area (TPSA) is 37.5 Å². The second-order valence-electron chi connectivity index (χ2n) is 6.18. The molecule has 1 aliphatic rings. The number of nitrogens with one attached hydrogen (secondary N) is 1. The molecule has 1 heterocycles. The smallest absolute Gasteiger partial charge is 0.232 e. The normalized spacial score (nSPS) is 18.6. The summed E-state index contributed by atoms with van der Waals surface area (Å²) in [5, 5.41) is 10.3. The lowest BCUT2D eigenvalue weighted by atomic mass is 9.81. The molecule has 3 nitrogen and oxygen atoms in total. The highest BCUT2D eigenvalue weighted by Gasteiger charge is 2.45. The fourth-order valence-electron chi connectivity index (χ4n) is 3.53. The molecule has 0 amide bonds. The Kier molecular flexibility index (Phi) is 5.10. The van der Waals surface area contributed by atoms with Crippen LogP contribution in [-0.2, 0) is 10.3 Å². The minimum atomic E-state index is -0.680. The summed E-state index contributed by atoms with van der Waals surface area (Å²) in [7, 11) is 0. The summed E-state index contributed by atoms with van der Waals surface area (Å²) in [5.41, 5.74) is 2.56. The average Bonchev–Trinajstić information content (AvgIpc) is 2.65. The van der Waals surface area contributed by atoms with Gasteiger partial charge in [0.15, 0.2) is 0 Å². The average molecular weight is 319 g/mol. The number of morpholine rings is 1. The van der Waals surface area contributed by atoms with Gasteiger partial charge in [-0.05, 0) is 18.6 Å². The number of nitrogens with zero attached hydrogens (tertiary/aromatic N) is 1. The van der Waals surface area contributed by atoms with Gasteiger partial charge in [-0.15, -0.1) is 0 Å². The number of nitriles is 1. The van der Waals surface area contributed by atoms with E-state index in [4.69, 9.17) is 4.74 Å². The van der Waals surface area contributed by atoms with E-state index in [9.17, 15) is 5.26 Å². The summed E-state index contributed by atoms with van der Waals surface area (Å²) in [6, 6.07) is 23.0. The number of benzene rings is 2. The van der Waals surface area contributed by atoms with Crippen LogP contribution in [0.25, 0.3) is 6.08 Å². The van der Waals surface area contributed by atoms with Crippen molar-refractivity contribution >= 4 is 6.08 Å². The van der Waals surface area contributed by atoms with Gasteiger partial charge in [-0.1, -0.05) is 60.7 Å². The molecule has 2 aromatic carbocycles. The van der Waals surface area contributed by atoms with Crippen LogP contribution >= 0.6 is 0 Å². The number of rotatable bonds is 4. The molecule has 0 spiro atoms. The molecule has 1 atom stereocenters. The van der Waals surface area contributed by atoms with Gasteiger partial charge in [-0.3, -0.25) is 0 Å². The van der Waals surface area contributed by atoms with Crippen molar-refractivity contribution in [1.29, 1.82) is 5.26 Å². The van der Waals surface area contributed by atoms with Crippen LogP contribution in [-0.4, -0.2) is 26.3 Å². The van der Waals surface area contributed by atoms with Crippen molar-refractivity contribution in [2.45, 2.75) is 12.5 Å². The fraction of sp³-hybridized carbons (Fsp3) is 0.286. The van der Waals surface area contributed by atoms with Gasteiger partial charge in [0.1, 0.15) is 19.2 Å². The molecule has 1 N–H and O–H groups in total. The number of quaternary nitrogens is 1. The minimum Gasteiger partial charge on any atom is -0.370 e. The first kappa shape index (κ1) is 16.4. The highest BCUT2D eigenvalue weighted by Crippen LogP contribution is 2.27. The van der Waals surface area contributed by atoms with E-state index in [1.807, 2.05) is 36.4 Å². The van der Waals surface area contributed by atoms with Gasteiger partial charge < -0.3 is 9.64 Å². The summed E-state index contributed by atoms with van der Waals surface area (Å²) in [6.07, 6.45) is 2.14. The number of hydrogen-bond acceptors (Lipinski definition) is 2. The standard InChI is InChI=1S/C21H22N2O/c1-18(16-19-8-4-2-5-9-19)21(17-22,20-10-6-3-7-11-20)23-12-14-24-15-13-23/h2-11,16H,12-15H2,1H3/p+1/t21-/m0/s1. The Balaban J connectivity index is 2.10. The van der Waals surface area contributed by atoms with Gasteiger partial charge in [0.05, 0.1) is 13.2 Å². The maximum Gasteiger partial charge on any atom is 0.232 e. The van der Waals surface area contributed by atoms with Crippen LogP contribution in [0.2, 0.25) is 0 Å². The van der Waals surface area contributed by atoms with Gasteiger partial charge in [0.25, 0.3) is 0 Å². The third kappa shape index (κ3) is 3.12. The van der Waals surface area contributed by atoms with Gasteiger partial charge in [0.2, 0.25) is 5.54 Å². The van der Waals surface area contributed by atoms with Gasteiger partial charge in [-0.2, -0.15) is 5.26 Å². The summed E-state index contributed by atoms with van der Waals surface area (Å²) >= 11 is 0. The second kappa shape index (κ2) is 7.44. The Morgan fingerprint density at radius 2 is 1.62 bits per heavy atom. The third-order valence-electron chi connectivity index (χ3n) is 4.78. The minimum absolute atomic E-state index is 0.680. The Hall–Kier alpha value is -2.41. The first-order valence-corrected chi connectivity index (χ1v) is 8.41. The largest absolute Gasteiger partial charge is 0.370 e. The van der Waals surface area contributed by atoms with Gasteiger partial charge >= 0.3 is 0 Å². The Morgan fingerprint density at radius 3 is 2.21 bits per heavy atom. The molecule has 122 valence electrons. The van der Waals surface area contributed by atoms with Crippen molar-refractivity contribution in [3.63, 3.8) is 0 Å². The SMILES string of the molecule is CC(=Cc1ccccc1)[C@@](C#N)(c1ccccc1)[NH+]1CCOCC1. The Morgan fingerprint density at radius 1 is 1.04 bits per heavy atom. The van der Waals surface area contributed by atoms with Crippen molar-refractivity contribution in [2.75, 3.05) is 26.3 Å². The van der Waals surface area contributed by atoms with Gasteiger partial charge in [0, 0.05) is 11.1 Å². The first-order chi connectivity index (χ1) is 11.8. The number of hydrogen-bond donors (Lipinski definition) is 1. The van der Waals surface area contributed by atoms with Crippen LogP contribution in [0, 0.1) is 11.3 Å². The van der Waals surface area contributed by atoms with Crippen LogP contribution < -0.4 is 4.90 Å². The van der Waals surface area contributed by atoms with Crippen LogP contribution in [0.15, 0.2) is 66.2 Å². The molecule has 0 bridgehead atoms. The lowest BCUT2D eigenvalue weighted by Crippen LogP contribution is -3.20. The predicted molar refractivity (Wildman–Crippen MR) is 95.3 cm³/mol. The predicted octanol–water partition coefficient (Wildman–Crippen LogP) is 2.42. The van der Waals surface area contributed by atoms with E-state index in [-0.39, 0.29) is 0 Å². The van der Waals surface area contributed by atoms with E-state index >= 15 is 0 Å². The van der Waals surface area contributed by atoms with E-state index in [2.05, 4.69) is 43.3 Å². The molecule has 0 radical (unpaired) electrons. The summed E-state index contributed by atoms with van der Waals surface area (Å²) in [5.74, 6) is 0. The molecule has 2 aromatic rings. The van der Waals surface area contributed by atoms with Crippen molar-refractivity contribution < 1.29 is 9.64 Å². The molecule has 1 fully saturated rings. The van der Waals surface area contributed by atoms with E-state index in [1.165, 1.54) is 4.90 Å². The molecule has 24 heavy (non-hydrogen) atoms. The maximum atomic E-state index is 10.3. The van der Waals surface area contributed by atoms with Crippen molar-refractivity contribution in [3.8, 4) is 6.07 Å². The van der Waals surface area contributed by atoms with Crippen molar-refractivity contribution in [3.05, 3.63) is 77.4 Å². The zero-order valence-electron chi connectivity index (χ0n) is 14.0. The van der Waals surface area contributed by atoms with Crippen molar-refractivity contribution in [1.82, 2.24) is 0 Å². The molecule has 1 saturated heterocycles. The first-order valence-electron chi connectivity index (χ1n) is 8.41. The molecular formula is C21H23N2O+. The van der Waals surface area contributed by atoms with E-state index < -0.39 is 5.54 Å². The van der Waals surface area contributed by atoms with Crippen molar-refractivity contribution in [2.24, 2.45) is 0 Å². The summed E-state index contributed by atoms with van der Waals surface area (Å²) in [6.45, 7) is 5.14. The quantitative estimate of drug-likeness (QED) is 0.940. The summed E-state index contributed by atoms with van der Waals surface area (Å²) in [4.78, 5) is 1.26. The molecule has 3 heteroatoms. The Labute approximate surface area is 143 Å². The molecule has 3 rings (SSSR count). The van der Waals surface area contributed by atoms with E-state index in [0.29, 0.717) is 13.2 Å². The maximum absolute atomic E-state index is 10.3. The second-order valence-corrected chi connectivity index (χ2v) is 6.18.